The van der Waals surface area contributed by atoms with E-state index in [0.717, 1.165) is 0 Å². The number of nitrogens with two attached hydrogens (primary N) is 1. The summed E-state index contributed by atoms with van der Waals surface area (Å²) < 4.78 is 27.0. The second kappa shape index (κ2) is 8.05. The van der Waals surface area contributed by atoms with Crippen LogP contribution >= 0.6 is 23.2 Å². The minimum absolute atomic E-state index is 0.0171. The van der Waals surface area contributed by atoms with Crippen molar-refractivity contribution < 1.29 is 18.0 Å². The third-order valence-electron chi connectivity index (χ3n) is 3.34. The van der Waals surface area contributed by atoms with Gasteiger partial charge in [-0.05, 0) is 49.4 Å². The van der Waals surface area contributed by atoms with Crippen molar-refractivity contribution >= 4 is 50.7 Å². The average Bonchev–Trinajstić information content (AvgIpc) is 2.57. The maximum atomic E-state index is 12.4. The fourth-order valence-electron chi connectivity index (χ4n) is 2.00. The van der Waals surface area contributed by atoms with Gasteiger partial charge in [0, 0.05) is 16.3 Å². The molecule has 10 heteroatoms. The van der Waals surface area contributed by atoms with Crippen LogP contribution in [0.2, 0.25) is 10.0 Å². The third kappa shape index (κ3) is 4.95. The molecule has 0 bridgehead atoms. The highest BCUT2D eigenvalue weighted by Crippen LogP contribution is 2.25. The first-order valence-corrected chi connectivity index (χ1v) is 9.52. The van der Waals surface area contributed by atoms with Crippen LogP contribution in [-0.4, -0.2) is 26.3 Å². The van der Waals surface area contributed by atoms with Crippen molar-refractivity contribution in [3.63, 3.8) is 0 Å². The Balaban J connectivity index is 2.10. The summed E-state index contributed by atoms with van der Waals surface area (Å²) in [5.41, 5.74) is 5.80. The standard InChI is InChI=1S/C16H15Cl2N3O4S/c1-9(16(23)20-12-5-2-10(3-6-12)15(19)22)21-26(24,25)14-8-11(17)4-7-13(14)18/h2-9,21H,1H3,(H2,19,22)(H,20,23)/t9-/m0/s1. The summed E-state index contributed by atoms with van der Waals surface area (Å²) in [4.78, 5) is 23.0. The number of hydrogen-bond acceptors (Lipinski definition) is 4. The molecule has 0 aliphatic heterocycles. The van der Waals surface area contributed by atoms with Gasteiger partial charge in [-0.2, -0.15) is 4.72 Å². The molecule has 0 aliphatic rings. The van der Waals surface area contributed by atoms with Gasteiger partial charge >= 0.3 is 0 Å². The van der Waals surface area contributed by atoms with Gasteiger partial charge in [-0.1, -0.05) is 23.2 Å². The van der Waals surface area contributed by atoms with Crippen molar-refractivity contribution in [2.75, 3.05) is 5.32 Å². The third-order valence-corrected chi connectivity index (χ3v) is 5.60. The molecule has 0 aliphatic carbocycles. The lowest BCUT2D eigenvalue weighted by Crippen LogP contribution is -2.41. The molecule has 2 aromatic carbocycles. The smallest absolute Gasteiger partial charge is 0.248 e. The minimum atomic E-state index is -4.06. The predicted octanol–water partition coefficient (Wildman–Crippen LogP) is 2.40. The summed E-state index contributed by atoms with van der Waals surface area (Å²) in [5.74, 6) is -1.19. The molecule has 0 spiro atoms. The van der Waals surface area contributed by atoms with Gasteiger partial charge in [0.15, 0.2) is 0 Å². The number of benzene rings is 2. The molecule has 0 heterocycles. The van der Waals surface area contributed by atoms with Crippen LogP contribution in [0, 0.1) is 0 Å². The van der Waals surface area contributed by atoms with Gasteiger partial charge in [-0.3, -0.25) is 9.59 Å². The van der Waals surface area contributed by atoms with Gasteiger partial charge < -0.3 is 11.1 Å². The number of sulfonamides is 1. The monoisotopic (exact) mass is 415 g/mol. The fraction of sp³-hybridized carbons (Fsp3) is 0.125. The first-order chi connectivity index (χ1) is 12.1. The summed E-state index contributed by atoms with van der Waals surface area (Å²) >= 11 is 11.7. The summed E-state index contributed by atoms with van der Waals surface area (Å²) in [5, 5.41) is 2.71. The fourth-order valence-corrected chi connectivity index (χ4v) is 3.97. The molecule has 0 aromatic heterocycles. The molecule has 0 unspecified atom stereocenters. The molecule has 7 nitrogen and oxygen atoms in total. The Labute approximate surface area is 160 Å². The van der Waals surface area contributed by atoms with Crippen LogP contribution in [0.5, 0.6) is 0 Å². The quantitative estimate of drug-likeness (QED) is 0.670. The number of nitrogens with one attached hydrogen (secondary N) is 2. The maximum Gasteiger partial charge on any atom is 0.248 e. The molecule has 0 saturated carbocycles. The van der Waals surface area contributed by atoms with E-state index in [0.29, 0.717) is 5.69 Å². The number of halogens is 2. The summed E-state index contributed by atoms with van der Waals surface area (Å²) in [7, 11) is -4.06. The lowest BCUT2D eigenvalue weighted by molar-refractivity contribution is -0.117. The van der Waals surface area contributed by atoms with E-state index in [4.69, 9.17) is 28.9 Å². The SMILES string of the molecule is C[C@H](NS(=O)(=O)c1cc(Cl)ccc1Cl)C(=O)Nc1ccc(C(N)=O)cc1. The first-order valence-electron chi connectivity index (χ1n) is 7.28. The minimum Gasteiger partial charge on any atom is -0.366 e. The summed E-state index contributed by atoms with van der Waals surface area (Å²) in [6.07, 6.45) is 0. The van der Waals surface area contributed by atoms with Crippen LogP contribution in [0.25, 0.3) is 0 Å². The zero-order valence-corrected chi connectivity index (χ0v) is 15.8. The molecule has 138 valence electrons. The Hall–Kier alpha value is -2.13. The number of carbonyl (C=O) groups is 2. The van der Waals surface area contributed by atoms with E-state index in [9.17, 15) is 18.0 Å². The normalized spacial score (nSPS) is 12.4. The second-order valence-electron chi connectivity index (χ2n) is 5.35. The highest BCUT2D eigenvalue weighted by molar-refractivity contribution is 7.89. The van der Waals surface area contributed by atoms with Crippen LogP contribution in [0.4, 0.5) is 5.69 Å². The number of amides is 2. The molecule has 26 heavy (non-hydrogen) atoms. The molecule has 0 radical (unpaired) electrons. The van der Waals surface area contributed by atoms with Gasteiger partial charge in [0.2, 0.25) is 21.8 Å². The van der Waals surface area contributed by atoms with E-state index >= 15 is 0 Å². The van der Waals surface area contributed by atoms with Gasteiger partial charge in [-0.15, -0.1) is 0 Å². The van der Waals surface area contributed by atoms with Crippen molar-refractivity contribution in [2.24, 2.45) is 5.73 Å². The molecule has 0 fully saturated rings. The van der Waals surface area contributed by atoms with Gasteiger partial charge in [-0.25, -0.2) is 8.42 Å². The van der Waals surface area contributed by atoms with Gasteiger partial charge in [0.25, 0.3) is 0 Å². The van der Waals surface area contributed by atoms with Crippen LogP contribution in [-0.2, 0) is 14.8 Å². The molecular weight excluding hydrogens is 401 g/mol. The largest absolute Gasteiger partial charge is 0.366 e. The molecule has 2 aromatic rings. The van der Waals surface area contributed by atoms with Crippen molar-refractivity contribution in [2.45, 2.75) is 17.9 Å². The highest BCUT2D eigenvalue weighted by Gasteiger charge is 2.24. The number of rotatable bonds is 6. The van der Waals surface area contributed by atoms with Crippen molar-refractivity contribution in [1.29, 1.82) is 0 Å². The van der Waals surface area contributed by atoms with Gasteiger partial charge in [0.05, 0.1) is 11.1 Å². The zero-order valence-electron chi connectivity index (χ0n) is 13.5. The zero-order chi connectivity index (χ0) is 19.5. The second-order valence-corrected chi connectivity index (χ2v) is 7.87. The Morgan fingerprint density at radius 3 is 2.27 bits per heavy atom. The van der Waals surface area contributed by atoms with Gasteiger partial charge in [0.1, 0.15) is 4.90 Å². The topological polar surface area (TPSA) is 118 Å². The molecule has 2 rings (SSSR count). The number of primary amides is 1. The van der Waals surface area contributed by atoms with E-state index in [1.807, 2.05) is 0 Å². The number of hydrogen-bond donors (Lipinski definition) is 3. The van der Waals surface area contributed by atoms with Crippen molar-refractivity contribution in [3.8, 4) is 0 Å². The predicted molar refractivity (Wildman–Crippen MR) is 99.8 cm³/mol. The van der Waals surface area contributed by atoms with Crippen molar-refractivity contribution in [3.05, 3.63) is 58.1 Å². The number of carbonyl (C=O) groups excluding carboxylic acids is 2. The van der Waals surface area contributed by atoms with E-state index < -0.39 is 27.9 Å². The summed E-state index contributed by atoms with van der Waals surface area (Å²) in [6.45, 7) is 1.38. The maximum absolute atomic E-state index is 12.4. The lowest BCUT2D eigenvalue weighted by Gasteiger charge is -2.15. The lowest BCUT2D eigenvalue weighted by atomic mass is 10.2. The van der Waals surface area contributed by atoms with Crippen LogP contribution in [0.3, 0.4) is 0 Å². The molecule has 4 N–H and O–H groups in total. The van der Waals surface area contributed by atoms with Crippen LogP contribution in [0.1, 0.15) is 17.3 Å². The average molecular weight is 416 g/mol. The molecular formula is C16H15Cl2N3O4S. The molecule has 2 amide bonds. The Bertz CT molecular complexity index is 946. The Morgan fingerprint density at radius 2 is 1.69 bits per heavy atom. The van der Waals surface area contributed by atoms with E-state index in [2.05, 4.69) is 10.0 Å². The Morgan fingerprint density at radius 1 is 1.08 bits per heavy atom. The first kappa shape index (κ1) is 20.2. The van der Waals surface area contributed by atoms with E-state index in [1.165, 1.54) is 49.4 Å². The molecule has 1 atom stereocenters. The van der Waals surface area contributed by atoms with Crippen LogP contribution < -0.4 is 15.8 Å². The van der Waals surface area contributed by atoms with Crippen LogP contribution in [0.15, 0.2) is 47.4 Å². The van der Waals surface area contributed by atoms with E-state index in [-0.39, 0.29) is 20.5 Å². The van der Waals surface area contributed by atoms with Crippen molar-refractivity contribution in [1.82, 2.24) is 4.72 Å². The summed E-state index contributed by atoms with van der Waals surface area (Å²) in [6, 6.07) is 8.75. The molecule has 0 saturated heterocycles. The van der Waals surface area contributed by atoms with E-state index in [1.54, 1.807) is 0 Å². The number of anilines is 1. The highest BCUT2D eigenvalue weighted by atomic mass is 35.5. The Kier molecular flexibility index (Phi) is 6.25.